The van der Waals surface area contributed by atoms with Crippen LogP contribution < -0.4 is 4.90 Å². The molecule has 2 rings (SSSR count). The van der Waals surface area contributed by atoms with E-state index in [1.165, 1.54) is 0 Å². The Morgan fingerprint density at radius 1 is 1.32 bits per heavy atom. The number of rotatable bonds is 5. The summed E-state index contributed by atoms with van der Waals surface area (Å²) >= 11 is 3.48. The summed E-state index contributed by atoms with van der Waals surface area (Å²) in [4.78, 5) is 26.5. The first-order chi connectivity index (χ1) is 10.5. The number of hydrogen-bond acceptors (Lipinski definition) is 2. The fraction of sp³-hybridized carbons (Fsp3) is 0.556. The second kappa shape index (κ2) is 7.40. The van der Waals surface area contributed by atoms with Gasteiger partial charge in [-0.2, -0.15) is 0 Å². The van der Waals surface area contributed by atoms with Crippen LogP contribution >= 0.6 is 15.9 Å². The van der Waals surface area contributed by atoms with Crippen molar-refractivity contribution < 1.29 is 9.59 Å². The molecule has 120 valence electrons. The Balaban J connectivity index is 2.28. The lowest BCUT2D eigenvalue weighted by Gasteiger charge is -2.31. The van der Waals surface area contributed by atoms with Crippen LogP contribution in [0.1, 0.15) is 56.0 Å². The number of amides is 1. The van der Waals surface area contributed by atoms with E-state index < -0.39 is 0 Å². The number of Topliss-reactive ketones (excluding diaryl/α,β-unsaturated/α-hetero) is 1. The normalized spacial score (nSPS) is 15.6. The summed E-state index contributed by atoms with van der Waals surface area (Å²) in [6, 6.07) is 5.77. The molecule has 1 heterocycles. The van der Waals surface area contributed by atoms with Gasteiger partial charge in [0.1, 0.15) is 0 Å². The van der Waals surface area contributed by atoms with Gasteiger partial charge in [0.15, 0.2) is 5.78 Å². The lowest BCUT2D eigenvalue weighted by molar-refractivity contribution is -0.121. The molecule has 0 spiro atoms. The largest absolute Gasteiger partial charge is 0.312 e. The molecular formula is C18H24BrNO2. The molecule has 0 saturated carbocycles. The highest BCUT2D eigenvalue weighted by molar-refractivity contribution is 9.10. The zero-order valence-electron chi connectivity index (χ0n) is 13.6. The third-order valence-electron chi connectivity index (χ3n) is 4.07. The van der Waals surface area contributed by atoms with Crippen LogP contribution in [0.2, 0.25) is 0 Å². The average Bonchev–Trinajstić information content (AvgIpc) is 2.52. The van der Waals surface area contributed by atoms with Crippen molar-refractivity contribution in [3.63, 3.8) is 0 Å². The van der Waals surface area contributed by atoms with Gasteiger partial charge in [-0.1, -0.05) is 43.1 Å². The Bertz CT molecular complexity index is 568. The van der Waals surface area contributed by atoms with Gasteiger partial charge in [0.25, 0.3) is 0 Å². The van der Waals surface area contributed by atoms with Gasteiger partial charge in [-0.05, 0) is 43.0 Å². The van der Waals surface area contributed by atoms with E-state index in [0.717, 1.165) is 49.0 Å². The number of benzene rings is 1. The highest BCUT2D eigenvalue weighted by atomic mass is 79.9. The van der Waals surface area contributed by atoms with E-state index in [1.807, 2.05) is 36.9 Å². The van der Waals surface area contributed by atoms with Crippen molar-refractivity contribution >= 4 is 33.3 Å². The van der Waals surface area contributed by atoms with Crippen LogP contribution in [-0.4, -0.2) is 23.1 Å². The van der Waals surface area contributed by atoms with Gasteiger partial charge in [-0.25, -0.2) is 0 Å². The Hall–Kier alpha value is -1.16. The summed E-state index contributed by atoms with van der Waals surface area (Å²) in [7, 11) is 0. The number of ketones is 1. The van der Waals surface area contributed by atoms with Crippen LogP contribution in [0.5, 0.6) is 0 Å². The van der Waals surface area contributed by atoms with E-state index in [0.29, 0.717) is 0 Å². The molecule has 0 aliphatic carbocycles. The molecule has 22 heavy (non-hydrogen) atoms. The molecule has 0 fully saturated rings. The molecule has 0 saturated heterocycles. The van der Waals surface area contributed by atoms with Crippen molar-refractivity contribution in [1.29, 1.82) is 0 Å². The Kier molecular flexibility index (Phi) is 5.79. The first-order valence-corrected chi connectivity index (χ1v) is 8.99. The highest BCUT2D eigenvalue weighted by Crippen LogP contribution is 2.30. The van der Waals surface area contributed by atoms with Crippen LogP contribution in [0.25, 0.3) is 0 Å². The minimum Gasteiger partial charge on any atom is -0.312 e. The fourth-order valence-electron chi connectivity index (χ4n) is 2.86. The lowest BCUT2D eigenvalue weighted by Crippen LogP contribution is -2.38. The number of carbonyl (C=O) groups excluding carboxylic acids is 2. The van der Waals surface area contributed by atoms with E-state index in [4.69, 9.17) is 0 Å². The Morgan fingerprint density at radius 3 is 2.68 bits per heavy atom. The van der Waals surface area contributed by atoms with E-state index in [9.17, 15) is 9.59 Å². The van der Waals surface area contributed by atoms with E-state index >= 15 is 0 Å². The van der Waals surface area contributed by atoms with Gasteiger partial charge >= 0.3 is 0 Å². The van der Waals surface area contributed by atoms with Gasteiger partial charge < -0.3 is 4.90 Å². The zero-order chi connectivity index (χ0) is 16.3. The second-order valence-corrected chi connectivity index (χ2v) is 7.32. The number of alkyl halides is 1. The van der Waals surface area contributed by atoms with E-state index in [-0.39, 0.29) is 22.4 Å². The molecular weight excluding hydrogens is 342 g/mol. The van der Waals surface area contributed by atoms with Crippen molar-refractivity contribution in [2.75, 3.05) is 11.4 Å². The molecule has 0 bridgehead atoms. The van der Waals surface area contributed by atoms with Crippen LogP contribution in [-0.2, 0) is 11.2 Å². The maximum Gasteiger partial charge on any atom is 0.229 e. The molecule has 1 aromatic rings. The lowest BCUT2D eigenvalue weighted by atomic mass is 9.95. The molecule has 1 amide bonds. The quantitative estimate of drug-likeness (QED) is 0.573. The first-order valence-electron chi connectivity index (χ1n) is 8.08. The summed E-state index contributed by atoms with van der Waals surface area (Å²) in [5.41, 5.74) is 2.83. The molecule has 0 aromatic heterocycles. The van der Waals surface area contributed by atoms with Gasteiger partial charge in [-0.3, -0.25) is 9.59 Å². The van der Waals surface area contributed by atoms with Crippen molar-refractivity contribution in [1.82, 2.24) is 0 Å². The summed E-state index contributed by atoms with van der Waals surface area (Å²) in [6.45, 7) is 6.70. The van der Waals surface area contributed by atoms with E-state index in [2.05, 4.69) is 22.9 Å². The topological polar surface area (TPSA) is 37.4 Å². The van der Waals surface area contributed by atoms with Crippen molar-refractivity contribution in [2.45, 2.75) is 51.3 Å². The molecule has 0 N–H and O–H groups in total. The fourth-order valence-corrected chi connectivity index (χ4v) is 3.58. The molecule has 1 aliphatic rings. The summed E-state index contributed by atoms with van der Waals surface area (Å²) < 4.78 is 0. The highest BCUT2D eigenvalue weighted by Gasteiger charge is 2.25. The van der Waals surface area contributed by atoms with Crippen LogP contribution in [0, 0.1) is 5.92 Å². The SMILES string of the molecule is CCCC(Br)C(=O)c1ccc2c(c1)CCCN2C(=O)C(C)C. The number of nitrogens with zero attached hydrogens (tertiary/aromatic N) is 1. The molecule has 1 aliphatic heterocycles. The van der Waals surface area contributed by atoms with Crippen molar-refractivity contribution in [3.8, 4) is 0 Å². The summed E-state index contributed by atoms with van der Waals surface area (Å²) in [5, 5.41) is 0. The second-order valence-electron chi connectivity index (χ2n) is 6.21. The number of hydrogen-bond donors (Lipinski definition) is 0. The Morgan fingerprint density at radius 2 is 2.05 bits per heavy atom. The van der Waals surface area contributed by atoms with Gasteiger partial charge in [0, 0.05) is 23.7 Å². The van der Waals surface area contributed by atoms with Gasteiger partial charge in [0.2, 0.25) is 5.91 Å². The van der Waals surface area contributed by atoms with Crippen LogP contribution in [0.15, 0.2) is 18.2 Å². The summed E-state index contributed by atoms with van der Waals surface area (Å²) in [6.07, 6.45) is 3.70. The molecule has 4 heteroatoms. The number of fused-ring (bicyclic) bond motifs is 1. The molecule has 3 nitrogen and oxygen atoms in total. The minimum absolute atomic E-state index is 0.0104. The van der Waals surface area contributed by atoms with E-state index in [1.54, 1.807) is 0 Å². The summed E-state index contributed by atoms with van der Waals surface area (Å²) in [5.74, 6) is 0.282. The van der Waals surface area contributed by atoms with Crippen LogP contribution in [0.4, 0.5) is 5.69 Å². The third-order valence-corrected chi connectivity index (χ3v) is 4.94. The van der Waals surface area contributed by atoms with Crippen LogP contribution in [0.3, 0.4) is 0 Å². The minimum atomic E-state index is -0.118. The molecule has 1 unspecified atom stereocenters. The third kappa shape index (κ3) is 3.60. The predicted molar refractivity (Wildman–Crippen MR) is 93.9 cm³/mol. The number of carbonyl (C=O) groups is 2. The number of halogens is 1. The molecule has 1 atom stereocenters. The molecule has 1 aromatic carbocycles. The van der Waals surface area contributed by atoms with Gasteiger partial charge in [-0.15, -0.1) is 0 Å². The zero-order valence-corrected chi connectivity index (χ0v) is 15.1. The van der Waals surface area contributed by atoms with Gasteiger partial charge in [0.05, 0.1) is 4.83 Å². The molecule has 0 radical (unpaired) electrons. The number of aryl methyl sites for hydroxylation is 1. The number of anilines is 1. The maximum atomic E-state index is 12.4. The monoisotopic (exact) mass is 365 g/mol. The maximum absolute atomic E-state index is 12.4. The van der Waals surface area contributed by atoms with Crippen molar-refractivity contribution in [3.05, 3.63) is 29.3 Å². The first kappa shape index (κ1) is 17.2. The standard InChI is InChI=1S/C18H24BrNO2/c1-4-6-15(19)17(21)14-8-9-16-13(11-14)7-5-10-20(16)18(22)12(2)3/h8-9,11-12,15H,4-7,10H2,1-3H3. The van der Waals surface area contributed by atoms with Crippen molar-refractivity contribution in [2.24, 2.45) is 5.92 Å². The Labute approximate surface area is 141 Å². The average molecular weight is 366 g/mol. The predicted octanol–water partition coefficient (Wildman–Crippen LogP) is 4.37. The smallest absolute Gasteiger partial charge is 0.229 e.